The molecule has 0 N–H and O–H groups in total. The molecule has 0 bridgehead atoms. The normalized spacial score (nSPS) is 11.1. The van der Waals surface area contributed by atoms with Crippen molar-refractivity contribution in [3.05, 3.63) is 62.6 Å². The van der Waals surface area contributed by atoms with Crippen molar-refractivity contribution >= 4 is 22.3 Å². The second-order valence-corrected chi connectivity index (χ2v) is 5.83. The molecule has 0 amide bonds. The molecule has 2 aromatic carbocycles. The Morgan fingerprint density at radius 2 is 1.81 bits per heavy atom. The van der Waals surface area contributed by atoms with Crippen molar-refractivity contribution in [1.82, 2.24) is 8.52 Å². The lowest BCUT2D eigenvalue weighted by molar-refractivity contribution is 0.596. The van der Waals surface area contributed by atoms with E-state index in [1.807, 2.05) is 49.4 Å². The van der Waals surface area contributed by atoms with Crippen LogP contribution in [0.2, 0.25) is 0 Å². The molecule has 0 saturated heterocycles. The second-order valence-electron chi connectivity index (χ2n) is 4.94. The molecule has 108 valence electrons. The molecule has 0 saturated carbocycles. The van der Waals surface area contributed by atoms with Gasteiger partial charge in [-0.1, -0.05) is 49.7 Å². The number of unbranched alkanes of at least 4 members (excludes halogenated alkanes) is 1. The molecule has 4 nitrogen and oxygen atoms in total. The zero-order chi connectivity index (χ0) is 14.8. The summed E-state index contributed by atoms with van der Waals surface area (Å²) >= 11 is 0.971. The Morgan fingerprint density at radius 3 is 2.62 bits per heavy atom. The summed E-state index contributed by atoms with van der Waals surface area (Å²) < 4.78 is 2.83. The van der Waals surface area contributed by atoms with E-state index >= 15 is 0 Å². The topological polar surface area (TPSA) is 44.0 Å². The first-order valence-electron chi connectivity index (χ1n) is 7.03. The monoisotopic (exact) mass is 300 g/mol. The number of benzene rings is 2. The van der Waals surface area contributed by atoms with Crippen LogP contribution in [0.25, 0.3) is 16.5 Å². The second kappa shape index (κ2) is 5.69. The molecule has 0 aliphatic rings. The van der Waals surface area contributed by atoms with E-state index in [-0.39, 0.29) is 10.6 Å². The summed E-state index contributed by atoms with van der Waals surface area (Å²) in [6.45, 7) is 2.53. The third-order valence-electron chi connectivity index (χ3n) is 3.52. The first kappa shape index (κ1) is 13.8. The summed E-state index contributed by atoms with van der Waals surface area (Å²) in [5.74, 6) is 0. The summed E-state index contributed by atoms with van der Waals surface area (Å²) in [5, 5.41) is 2.04. The van der Waals surface area contributed by atoms with Crippen molar-refractivity contribution in [3.63, 3.8) is 0 Å². The number of hydrogen-bond donors (Lipinski definition) is 0. The van der Waals surface area contributed by atoms with Gasteiger partial charge in [0.05, 0.1) is 5.69 Å². The fraction of sp³-hybridized carbons (Fsp3) is 0.250. The highest BCUT2D eigenvalue weighted by Crippen LogP contribution is 2.21. The SMILES string of the molecule is CCCCn1c(=O)sn(-c2cccc3ccccc23)c1=O. The molecule has 3 rings (SSSR count). The highest BCUT2D eigenvalue weighted by atomic mass is 32.1. The molecule has 5 heteroatoms. The third kappa shape index (κ3) is 2.45. The molecule has 0 fully saturated rings. The van der Waals surface area contributed by atoms with Crippen molar-refractivity contribution in [2.45, 2.75) is 26.3 Å². The van der Waals surface area contributed by atoms with Gasteiger partial charge in [0.1, 0.15) is 0 Å². The van der Waals surface area contributed by atoms with Gasteiger partial charge in [-0.15, -0.1) is 0 Å². The number of hydrogen-bond acceptors (Lipinski definition) is 3. The van der Waals surface area contributed by atoms with Gasteiger partial charge in [-0.05, 0) is 17.9 Å². The molecule has 0 atom stereocenters. The summed E-state index contributed by atoms with van der Waals surface area (Å²) in [7, 11) is 0. The van der Waals surface area contributed by atoms with Gasteiger partial charge in [0.15, 0.2) is 0 Å². The Labute approximate surface area is 126 Å². The lowest BCUT2D eigenvalue weighted by Crippen LogP contribution is -2.28. The van der Waals surface area contributed by atoms with Gasteiger partial charge >= 0.3 is 10.6 Å². The van der Waals surface area contributed by atoms with Crippen molar-refractivity contribution in [3.8, 4) is 5.69 Å². The summed E-state index contributed by atoms with van der Waals surface area (Å²) in [4.78, 5) is 24.3. The summed E-state index contributed by atoms with van der Waals surface area (Å²) in [5.41, 5.74) is 0.533. The van der Waals surface area contributed by atoms with E-state index in [1.165, 1.54) is 8.52 Å². The smallest absolute Gasteiger partial charge is 0.255 e. The van der Waals surface area contributed by atoms with Gasteiger partial charge in [-0.2, -0.15) is 0 Å². The van der Waals surface area contributed by atoms with Crippen LogP contribution in [0.15, 0.2) is 52.1 Å². The molecule has 1 heterocycles. The molecule has 1 aromatic heterocycles. The van der Waals surface area contributed by atoms with Gasteiger partial charge in [0.2, 0.25) is 0 Å². The van der Waals surface area contributed by atoms with E-state index in [2.05, 4.69) is 0 Å². The quantitative estimate of drug-likeness (QED) is 0.743. The Balaban J connectivity index is 2.20. The average Bonchev–Trinajstić information content (AvgIpc) is 2.79. The van der Waals surface area contributed by atoms with E-state index in [9.17, 15) is 9.59 Å². The van der Waals surface area contributed by atoms with Crippen LogP contribution in [0.5, 0.6) is 0 Å². The van der Waals surface area contributed by atoms with Crippen LogP contribution in [0.1, 0.15) is 19.8 Å². The van der Waals surface area contributed by atoms with E-state index in [4.69, 9.17) is 0 Å². The zero-order valence-corrected chi connectivity index (χ0v) is 12.6. The standard InChI is InChI=1S/C16H16N2O2S/c1-2-3-11-17-15(19)18(21-16(17)20)14-10-6-8-12-7-4-5-9-13(12)14/h4-10H,2-3,11H2,1H3. The predicted molar refractivity (Wildman–Crippen MR) is 86.6 cm³/mol. The fourth-order valence-corrected chi connectivity index (χ4v) is 3.25. The lowest BCUT2D eigenvalue weighted by Gasteiger charge is -2.05. The highest BCUT2D eigenvalue weighted by molar-refractivity contribution is 7.04. The van der Waals surface area contributed by atoms with Crippen LogP contribution in [0.4, 0.5) is 0 Å². The third-order valence-corrected chi connectivity index (χ3v) is 4.43. The van der Waals surface area contributed by atoms with E-state index in [0.717, 1.165) is 40.8 Å². The van der Waals surface area contributed by atoms with Crippen LogP contribution in [0, 0.1) is 0 Å². The minimum atomic E-state index is -0.241. The van der Waals surface area contributed by atoms with Gasteiger partial charge < -0.3 is 0 Å². The van der Waals surface area contributed by atoms with Gasteiger partial charge in [0.25, 0.3) is 0 Å². The van der Waals surface area contributed by atoms with Crippen molar-refractivity contribution in [2.75, 3.05) is 0 Å². The van der Waals surface area contributed by atoms with Gasteiger partial charge in [0, 0.05) is 23.5 Å². The molecule has 0 aliphatic heterocycles. The molecular weight excluding hydrogens is 284 g/mol. The van der Waals surface area contributed by atoms with Crippen molar-refractivity contribution in [1.29, 1.82) is 0 Å². The lowest BCUT2D eigenvalue weighted by atomic mass is 10.1. The fourth-order valence-electron chi connectivity index (χ4n) is 2.39. The maximum atomic E-state index is 12.5. The van der Waals surface area contributed by atoms with E-state index in [0.29, 0.717) is 6.54 Å². The number of nitrogens with zero attached hydrogens (tertiary/aromatic N) is 2. The average molecular weight is 300 g/mol. The Bertz CT molecular complexity index is 884. The van der Waals surface area contributed by atoms with Crippen molar-refractivity contribution < 1.29 is 0 Å². The molecule has 0 radical (unpaired) electrons. The Morgan fingerprint density at radius 1 is 1.05 bits per heavy atom. The van der Waals surface area contributed by atoms with Gasteiger partial charge in [-0.3, -0.25) is 4.79 Å². The summed E-state index contributed by atoms with van der Waals surface area (Å²) in [6, 6.07) is 13.7. The first-order valence-corrected chi connectivity index (χ1v) is 7.81. The number of aromatic nitrogens is 2. The summed E-state index contributed by atoms with van der Waals surface area (Å²) in [6.07, 6.45) is 1.79. The van der Waals surface area contributed by atoms with Gasteiger partial charge in [-0.25, -0.2) is 13.3 Å². The minimum absolute atomic E-state index is 0.193. The number of fused-ring (bicyclic) bond motifs is 1. The Hall–Kier alpha value is -2.14. The van der Waals surface area contributed by atoms with Crippen LogP contribution >= 0.6 is 11.5 Å². The maximum Gasteiger partial charge on any atom is 0.345 e. The van der Waals surface area contributed by atoms with Crippen LogP contribution < -0.4 is 10.6 Å². The highest BCUT2D eigenvalue weighted by Gasteiger charge is 2.13. The number of rotatable bonds is 4. The predicted octanol–water partition coefficient (Wildman–Crippen LogP) is 3.01. The molecule has 3 aromatic rings. The maximum absolute atomic E-state index is 12.5. The van der Waals surface area contributed by atoms with E-state index < -0.39 is 0 Å². The molecule has 0 spiro atoms. The molecule has 0 unspecified atom stereocenters. The molecule has 0 aliphatic carbocycles. The zero-order valence-electron chi connectivity index (χ0n) is 11.8. The van der Waals surface area contributed by atoms with Crippen LogP contribution in [-0.2, 0) is 6.54 Å². The minimum Gasteiger partial charge on any atom is -0.255 e. The Kier molecular flexibility index (Phi) is 3.75. The van der Waals surface area contributed by atoms with Crippen LogP contribution in [0.3, 0.4) is 0 Å². The largest absolute Gasteiger partial charge is 0.345 e. The van der Waals surface area contributed by atoms with Crippen molar-refractivity contribution in [2.24, 2.45) is 0 Å². The van der Waals surface area contributed by atoms with Crippen LogP contribution in [-0.4, -0.2) is 8.52 Å². The molecular formula is C16H16N2O2S. The first-order chi connectivity index (χ1) is 10.2. The van der Waals surface area contributed by atoms with E-state index in [1.54, 1.807) is 0 Å². The molecule has 21 heavy (non-hydrogen) atoms.